The summed E-state index contributed by atoms with van der Waals surface area (Å²) >= 11 is 0. The van der Waals surface area contributed by atoms with Gasteiger partial charge in [-0.25, -0.2) is 0 Å². The van der Waals surface area contributed by atoms with Gasteiger partial charge in [-0.05, 0) is 72.3 Å². The van der Waals surface area contributed by atoms with Crippen LogP contribution in [0.4, 0.5) is 0 Å². The number of rotatable bonds is 4. The quantitative estimate of drug-likeness (QED) is 0.184. The second kappa shape index (κ2) is 11.8. The maximum absolute atomic E-state index is 10.7. The maximum Gasteiger partial charge on any atom is 0.101 e. The first-order chi connectivity index (χ1) is 27.2. The zero-order chi connectivity index (χ0) is 36.6. The maximum atomic E-state index is 10.7. The fraction of sp³-hybridized carbons (Fsp3) is 0. The lowest BCUT2D eigenvalue weighted by molar-refractivity contribution is 1.16. The summed E-state index contributed by atoms with van der Waals surface area (Å²) in [6.45, 7) is 0. The number of nitrogens with zero attached hydrogens (tertiary/aromatic N) is 5. The number of aromatic nitrogens is 3. The Bertz CT molecular complexity index is 3420. The van der Waals surface area contributed by atoms with Crippen LogP contribution in [0.3, 0.4) is 0 Å². The van der Waals surface area contributed by atoms with Gasteiger partial charge < -0.3 is 13.7 Å². The van der Waals surface area contributed by atoms with E-state index in [9.17, 15) is 10.5 Å². The molecule has 55 heavy (non-hydrogen) atoms. The molecule has 0 aliphatic heterocycles. The van der Waals surface area contributed by atoms with E-state index in [1.807, 2.05) is 36.4 Å². The van der Waals surface area contributed by atoms with Crippen molar-refractivity contribution in [2.75, 3.05) is 0 Å². The average molecular weight is 700 g/mol. The molecule has 11 aromatic rings. The van der Waals surface area contributed by atoms with Gasteiger partial charge in [0.1, 0.15) is 6.07 Å². The molecule has 0 amide bonds. The highest BCUT2D eigenvalue weighted by atomic mass is 15.0. The van der Waals surface area contributed by atoms with Crippen LogP contribution in [-0.2, 0) is 0 Å². The molecule has 3 aromatic heterocycles. The largest absolute Gasteiger partial charge is 0.309 e. The molecule has 11 rings (SSSR count). The third kappa shape index (κ3) is 4.33. The van der Waals surface area contributed by atoms with Gasteiger partial charge in [-0.2, -0.15) is 10.5 Å². The Balaban J connectivity index is 1.19. The van der Waals surface area contributed by atoms with Crippen molar-refractivity contribution in [1.82, 2.24) is 13.7 Å². The molecule has 0 bridgehead atoms. The van der Waals surface area contributed by atoms with Gasteiger partial charge >= 0.3 is 0 Å². The molecule has 0 saturated carbocycles. The summed E-state index contributed by atoms with van der Waals surface area (Å²) in [6.07, 6.45) is 0. The lowest BCUT2D eigenvalue weighted by atomic mass is 10.00. The first-order valence-electron chi connectivity index (χ1n) is 18.3. The molecular weight excluding hydrogens is 671 g/mol. The lowest BCUT2D eigenvalue weighted by Crippen LogP contribution is -2.01. The van der Waals surface area contributed by atoms with Gasteiger partial charge in [-0.3, -0.25) is 0 Å². The number of fused-ring (bicyclic) bond motifs is 9. The molecule has 8 aromatic carbocycles. The molecule has 0 fully saturated rings. The van der Waals surface area contributed by atoms with Crippen LogP contribution < -0.4 is 0 Å². The number of nitriles is 2. The van der Waals surface area contributed by atoms with Crippen LogP contribution in [0.1, 0.15) is 11.1 Å². The first kappa shape index (κ1) is 30.7. The van der Waals surface area contributed by atoms with Gasteiger partial charge in [0.05, 0.1) is 67.4 Å². The molecule has 0 saturated heterocycles. The number of para-hydroxylation sites is 5. The van der Waals surface area contributed by atoms with Crippen molar-refractivity contribution in [3.8, 4) is 40.3 Å². The fourth-order valence-electron chi connectivity index (χ4n) is 8.89. The van der Waals surface area contributed by atoms with Crippen molar-refractivity contribution < 1.29 is 0 Å². The van der Waals surface area contributed by atoms with Crippen LogP contribution in [0.25, 0.3) is 93.6 Å². The summed E-state index contributed by atoms with van der Waals surface area (Å²) in [5, 5.41) is 27.4. The minimum Gasteiger partial charge on any atom is -0.309 e. The number of hydrogen-bond donors (Lipinski definition) is 0. The van der Waals surface area contributed by atoms with E-state index in [0.29, 0.717) is 11.1 Å². The Morgan fingerprint density at radius 2 is 0.782 bits per heavy atom. The van der Waals surface area contributed by atoms with Gasteiger partial charge in [-0.1, -0.05) is 109 Å². The minimum absolute atomic E-state index is 0.585. The van der Waals surface area contributed by atoms with E-state index in [-0.39, 0.29) is 0 Å². The Morgan fingerprint density at radius 1 is 0.327 bits per heavy atom. The number of hydrogen-bond acceptors (Lipinski definition) is 2. The topological polar surface area (TPSA) is 62.4 Å². The molecule has 0 unspecified atom stereocenters. The first-order valence-corrected chi connectivity index (χ1v) is 18.3. The predicted molar refractivity (Wildman–Crippen MR) is 224 cm³/mol. The third-order valence-electron chi connectivity index (χ3n) is 11.1. The Morgan fingerprint density at radius 3 is 1.44 bits per heavy atom. The second-order valence-corrected chi connectivity index (χ2v) is 13.9. The zero-order valence-corrected chi connectivity index (χ0v) is 29.5. The van der Waals surface area contributed by atoms with Crippen molar-refractivity contribution in [3.05, 3.63) is 187 Å². The molecule has 0 atom stereocenters. The SMILES string of the molecule is N#Cc1ccc(-c2ccccc2-n2c3ccccc3c3c(C#N)cccc32)cc1-n1c2ccccc2c2c(-n3c4ccccc4c4ccccc43)cccc21. The summed E-state index contributed by atoms with van der Waals surface area (Å²) < 4.78 is 6.90. The van der Waals surface area contributed by atoms with Crippen LogP contribution in [0.15, 0.2) is 176 Å². The molecule has 5 nitrogen and oxygen atoms in total. The van der Waals surface area contributed by atoms with Crippen LogP contribution in [0.2, 0.25) is 0 Å². The van der Waals surface area contributed by atoms with E-state index < -0.39 is 0 Å². The smallest absolute Gasteiger partial charge is 0.101 e. The average Bonchev–Trinajstić information content (AvgIpc) is 3.89. The van der Waals surface area contributed by atoms with E-state index in [1.165, 1.54) is 10.8 Å². The summed E-state index contributed by atoms with van der Waals surface area (Å²) in [5.74, 6) is 0. The molecule has 0 aliphatic rings. The third-order valence-corrected chi connectivity index (χ3v) is 11.1. The Hall–Kier alpha value is -7.86. The Kier molecular flexibility index (Phi) is 6.61. The number of benzene rings is 8. The highest BCUT2D eigenvalue weighted by Gasteiger charge is 2.22. The molecule has 254 valence electrons. The van der Waals surface area contributed by atoms with Crippen LogP contribution >= 0.6 is 0 Å². The van der Waals surface area contributed by atoms with Gasteiger partial charge in [0.15, 0.2) is 0 Å². The highest BCUT2D eigenvalue weighted by molar-refractivity contribution is 6.17. The van der Waals surface area contributed by atoms with Crippen molar-refractivity contribution in [3.63, 3.8) is 0 Å². The minimum atomic E-state index is 0.585. The van der Waals surface area contributed by atoms with Gasteiger partial charge in [0, 0.05) is 37.9 Å². The van der Waals surface area contributed by atoms with Crippen molar-refractivity contribution >= 4 is 65.4 Å². The molecule has 0 spiro atoms. The Labute approximate surface area is 316 Å². The molecule has 0 N–H and O–H groups in total. The van der Waals surface area contributed by atoms with Gasteiger partial charge in [0.2, 0.25) is 0 Å². The molecular formula is C50H29N5. The predicted octanol–water partition coefficient (Wildman–Crippen LogP) is 12.4. The monoisotopic (exact) mass is 699 g/mol. The van der Waals surface area contributed by atoms with E-state index in [1.54, 1.807) is 0 Å². The van der Waals surface area contributed by atoms with Crippen molar-refractivity contribution in [2.45, 2.75) is 0 Å². The normalized spacial score (nSPS) is 11.6. The van der Waals surface area contributed by atoms with Crippen LogP contribution in [-0.4, -0.2) is 13.7 Å². The van der Waals surface area contributed by atoms with Crippen LogP contribution in [0, 0.1) is 22.7 Å². The highest BCUT2D eigenvalue weighted by Crippen LogP contribution is 2.42. The van der Waals surface area contributed by atoms with E-state index in [2.05, 4.69) is 165 Å². The van der Waals surface area contributed by atoms with E-state index in [0.717, 1.165) is 82.8 Å². The summed E-state index contributed by atoms with van der Waals surface area (Å²) in [5.41, 5.74) is 12.5. The van der Waals surface area contributed by atoms with Gasteiger partial charge in [-0.15, -0.1) is 0 Å². The van der Waals surface area contributed by atoms with Crippen molar-refractivity contribution in [2.24, 2.45) is 0 Å². The molecule has 5 heteroatoms. The molecule has 0 aliphatic carbocycles. The van der Waals surface area contributed by atoms with Gasteiger partial charge in [0.25, 0.3) is 0 Å². The van der Waals surface area contributed by atoms with E-state index >= 15 is 0 Å². The second-order valence-electron chi connectivity index (χ2n) is 13.9. The summed E-state index contributed by atoms with van der Waals surface area (Å²) in [6, 6.07) is 65.9. The zero-order valence-electron chi connectivity index (χ0n) is 29.5. The molecule has 3 heterocycles. The van der Waals surface area contributed by atoms with Crippen LogP contribution in [0.5, 0.6) is 0 Å². The summed E-state index contributed by atoms with van der Waals surface area (Å²) in [7, 11) is 0. The standard InChI is InChI=1S/C50H29N5/c51-30-33-28-27-32(35-14-1-6-19-40(35)53-43-22-9-4-17-38(43)49-34(31-52)13-11-24-45(49)53)29-48(33)55-44-23-10-5-18-39(44)50-46(25-12-26-47(50)55)54-41-20-7-2-15-36(41)37-16-3-8-21-42(37)54/h1-29H. The fourth-order valence-corrected chi connectivity index (χ4v) is 8.89. The van der Waals surface area contributed by atoms with E-state index in [4.69, 9.17) is 0 Å². The van der Waals surface area contributed by atoms with Crippen molar-refractivity contribution in [1.29, 1.82) is 10.5 Å². The summed E-state index contributed by atoms with van der Waals surface area (Å²) in [4.78, 5) is 0. The molecule has 0 radical (unpaired) electrons. The lowest BCUT2D eigenvalue weighted by Gasteiger charge is -2.16.